The second kappa shape index (κ2) is 10.5. The number of hydrogen-bond acceptors (Lipinski definition) is 7. The Balaban J connectivity index is 1.30. The van der Waals surface area contributed by atoms with E-state index in [9.17, 15) is 28.2 Å². The number of hydrogen-bond donors (Lipinski definition) is 2. The predicted molar refractivity (Wildman–Crippen MR) is 135 cm³/mol. The van der Waals surface area contributed by atoms with Crippen molar-refractivity contribution < 1.29 is 28.2 Å². The van der Waals surface area contributed by atoms with Crippen molar-refractivity contribution in [3.8, 4) is 0 Å². The zero-order valence-corrected chi connectivity index (χ0v) is 21.6. The number of aromatic nitrogens is 2. The summed E-state index contributed by atoms with van der Waals surface area (Å²) in [6.45, 7) is 5.28. The third-order valence-corrected chi connectivity index (χ3v) is 8.32. The van der Waals surface area contributed by atoms with Crippen molar-refractivity contribution in [1.29, 1.82) is 0 Å². The first-order valence-electron chi connectivity index (χ1n) is 13.1. The van der Waals surface area contributed by atoms with Crippen LogP contribution in [0.2, 0.25) is 0 Å². The minimum absolute atomic E-state index is 0.00540. The molecule has 0 bridgehead atoms. The number of aliphatic hydroxyl groups excluding tert-OH is 1. The Morgan fingerprint density at radius 2 is 1.74 bits per heavy atom. The minimum atomic E-state index is -4.41. The highest BCUT2D eigenvalue weighted by molar-refractivity contribution is 5.76. The van der Waals surface area contributed by atoms with Crippen LogP contribution in [0.15, 0.2) is 30.5 Å². The molecule has 38 heavy (non-hydrogen) atoms. The van der Waals surface area contributed by atoms with E-state index in [2.05, 4.69) is 14.9 Å². The largest absolute Gasteiger partial charge is 0.416 e. The van der Waals surface area contributed by atoms with E-state index in [1.807, 2.05) is 18.0 Å². The van der Waals surface area contributed by atoms with E-state index >= 15 is 0 Å². The number of benzene rings is 1. The van der Waals surface area contributed by atoms with E-state index in [4.69, 9.17) is 0 Å². The molecule has 1 aromatic carbocycles. The monoisotopic (exact) mass is 536 g/mol. The van der Waals surface area contributed by atoms with Crippen LogP contribution in [0.4, 0.5) is 23.7 Å². The summed E-state index contributed by atoms with van der Waals surface area (Å²) in [6, 6.07) is 5.53. The van der Waals surface area contributed by atoms with Crippen molar-refractivity contribution in [2.75, 3.05) is 57.8 Å². The summed E-state index contributed by atoms with van der Waals surface area (Å²) in [7, 11) is 2.02. The average Bonchev–Trinajstić information content (AvgIpc) is 3.52. The molecule has 1 aromatic heterocycles. The van der Waals surface area contributed by atoms with Crippen LogP contribution in [0, 0.1) is 0 Å². The number of nitrogens with zero attached hydrogens (tertiary/aromatic N) is 6. The molecule has 0 aliphatic carbocycles. The van der Waals surface area contributed by atoms with Crippen LogP contribution in [0.25, 0.3) is 0 Å². The highest BCUT2D eigenvalue weighted by atomic mass is 19.4. The maximum Gasteiger partial charge on any atom is 0.416 e. The van der Waals surface area contributed by atoms with Gasteiger partial charge in [-0.15, -0.1) is 0 Å². The van der Waals surface area contributed by atoms with Crippen molar-refractivity contribution in [2.24, 2.45) is 0 Å². The number of rotatable bonds is 4. The van der Waals surface area contributed by atoms with Crippen molar-refractivity contribution in [1.82, 2.24) is 24.5 Å². The van der Waals surface area contributed by atoms with Crippen LogP contribution >= 0.6 is 0 Å². The van der Waals surface area contributed by atoms with Gasteiger partial charge in [-0.3, -0.25) is 4.90 Å². The Morgan fingerprint density at radius 3 is 2.37 bits per heavy atom. The summed E-state index contributed by atoms with van der Waals surface area (Å²) < 4.78 is 42.6. The lowest BCUT2D eigenvalue weighted by Crippen LogP contribution is -2.53. The molecule has 12 heteroatoms. The summed E-state index contributed by atoms with van der Waals surface area (Å²) in [5.41, 5.74) is 0.536. The number of alkyl halides is 3. The van der Waals surface area contributed by atoms with Gasteiger partial charge in [-0.2, -0.15) is 23.0 Å². The lowest BCUT2D eigenvalue weighted by Gasteiger charge is -2.45. The zero-order chi connectivity index (χ0) is 27.1. The first-order chi connectivity index (χ1) is 18.0. The van der Waals surface area contributed by atoms with E-state index < -0.39 is 18.0 Å². The molecule has 0 saturated carbocycles. The lowest BCUT2D eigenvalue weighted by atomic mass is 9.84. The van der Waals surface area contributed by atoms with E-state index in [0.29, 0.717) is 44.0 Å². The van der Waals surface area contributed by atoms with Gasteiger partial charge in [0.1, 0.15) is 5.69 Å². The molecule has 2 N–H and O–H groups in total. The van der Waals surface area contributed by atoms with E-state index in [0.717, 1.165) is 50.0 Å². The molecule has 1 amide bonds. The SMILES string of the molecule is CN1CCN(c2cc(CN3CCCC34CCN(C(=O)n3ccc(C(O)O)n3)CC4)cc(C(F)(F)F)c2)CC1. The molecule has 4 heterocycles. The minimum Gasteiger partial charge on any atom is -0.369 e. The van der Waals surface area contributed by atoms with Crippen LogP contribution in [0.5, 0.6) is 0 Å². The number of halogens is 3. The smallest absolute Gasteiger partial charge is 0.369 e. The number of anilines is 1. The van der Waals surface area contributed by atoms with Gasteiger partial charge in [-0.05, 0) is 69.1 Å². The van der Waals surface area contributed by atoms with Crippen LogP contribution in [0.3, 0.4) is 0 Å². The third kappa shape index (κ3) is 5.54. The molecule has 5 rings (SSSR count). The topological polar surface area (TPSA) is 88.3 Å². The number of piperidine rings is 1. The summed E-state index contributed by atoms with van der Waals surface area (Å²) in [5, 5.41) is 22.5. The number of piperazine rings is 1. The molecule has 3 fully saturated rings. The summed E-state index contributed by atoms with van der Waals surface area (Å²) in [4.78, 5) is 21.1. The number of likely N-dealkylation sites (tertiary alicyclic amines) is 2. The fourth-order valence-electron chi connectivity index (χ4n) is 6.05. The van der Waals surface area contributed by atoms with E-state index in [1.165, 1.54) is 24.4 Å². The lowest BCUT2D eigenvalue weighted by molar-refractivity contribution is -0.137. The predicted octanol–water partition coefficient (Wildman–Crippen LogP) is 2.74. The highest BCUT2D eigenvalue weighted by Crippen LogP contribution is 2.41. The quantitative estimate of drug-likeness (QED) is 0.581. The van der Waals surface area contributed by atoms with Gasteiger partial charge in [0.2, 0.25) is 0 Å². The van der Waals surface area contributed by atoms with E-state index in [1.54, 1.807) is 4.90 Å². The van der Waals surface area contributed by atoms with Gasteiger partial charge in [-0.25, -0.2) is 4.79 Å². The zero-order valence-electron chi connectivity index (χ0n) is 21.6. The average molecular weight is 537 g/mol. The molecule has 208 valence electrons. The Labute approximate surface area is 220 Å². The van der Waals surface area contributed by atoms with Crippen LogP contribution in [-0.4, -0.2) is 99.1 Å². The molecule has 2 aromatic rings. The molecule has 3 aliphatic rings. The summed E-state index contributed by atoms with van der Waals surface area (Å²) in [5.74, 6) is 0. The van der Waals surface area contributed by atoms with Gasteiger partial charge < -0.3 is 24.9 Å². The fraction of sp³-hybridized carbons (Fsp3) is 0.615. The van der Waals surface area contributed by atoms with Crippen molar-refractivity contribution in [2.45, 2.75) is 50.2 Å². The van der Waals surface area contributed by atoms with Gasteiger partial charge in [0.25, 0.3) is 0 Å². The molecule has 0 radical (unpaired) electrons. The van der Waals surface area contributed by atoms with Crippen LogP contribution in [-0.2, 0) is 12.7 Å². The number of likely N-dealkylation sites (N-methyl/N-ethyl adjacent to an activating group) is 1. The molecule has 0 atom stereocenters. The Hall–Kier alpha value is -2.67. The molecule has 3 saturated heterocycles. The number of amides is 1. The summed E-state index contributed by atoms with van der Waals surface area (Å²) >= 11 is 0. The van der Waals surface area contributed by atoms with Crippen molar-refractivity contribution in [3.05, 3.63) is 47.3 Å². The first-order valence-corrected chi connectivity index (χ1v) is 13.1. The standard InChI is InChI=1S/C26H35F3N6O3/c1-31-11-13-32(14-12-31)21-16-19(15-20(17-21)26(27,28)29)18-34-7-2-4-25(34)5-9-33(10-6-25)24(38)35-8-3-22(30-35)23(36)37/h3,8,15-17,23,36-37H,2,4-7,9-14,18H2,1H3. The number of aliphatic hydroxyl groups is 2. The van der Waals surface area contributed by atoms with Gasteiger partial charge in [0.15, 0.2) is 6.29 Å². The Kier molecular flexibility index (Phi) is 7.42. The Bertz CT molecular complexity index is 1140. The highest BCUT2D eigenvalue weighted by Gasteiger charge is 2.44. The maximum absolute atomic E-state index is 13.8. The normalized spacial score (nSPS) is 21.1. The van der Waals surface area contributed by atoms with Crippen LogP contribution in [0.1, 0.15) is 48.8 Å². The molecule has 9 nitrogen and oxygen atoms in total. The molecular formula is C26H35F3N6O3. The van der Waals surface area contributed by atoms with Gasteiger partial charge >= 0.3 is 12.2 Å². The van der Waals surface area contributed by atoms with Gasteiger partial charge in [-0.1, -0.05) is 0 Å². The molecule has 3 aliphatic heterocycles. The van der Waals surface area contributed by atoms with E-state index in [-0.39, 0.29) is 17.3 Å². The van der Waals surface area contributed by atoms with Gasteiger partial charge in [0, 0.05) is 63.2 Å². The van der Waals surface area contributed by atoms with Crippen LogP contribution < -0.4 is 4.90 Å². The third-order valence-electron chi connectivity index (χ3n) is 8.32. The van der Waals surface area contributed by atoms with Gasteiger partial charge in [0.05, 0.1) is 5.56 Å². The molecular weight excluding hydrogens is 501 g/mol. The summed E-state index contributed by atoms with van der Waals surface area (Å²) in [6.07, 6.45) is -1.39. The number of carbonyl (C=O) groups excluding carboxylic acids is 1. The Morgan fingerprint density at radius 1 is 1.03 bits per heavy atom. The fourth-order valence-corrected chi connectivity index (χ4v) is 6.05. The van der Waals surface area contributed by atoms with Crippen molar-refractivity contribution >= 4 is 11.7 Å². The maximum atomic E-state index is 13.8. The van der Waals surface area contributed by atoms with Crippen molar-refractivity contribution in [3.63, 3.8) is 0 Å². The number of carbonyl (C=O) groups is 1. The second-order valence-corrected chi connectivity index (χ2v) is 10.8. The molecule has 0 unspecified atom stereocenters. The second-order valence-electron chi connectivity index (χ2n) is 10.8. The first kappa shape index (κ1) is 26.9. The molecule has 1 spiro atoms.